The topological polar surface area (TPSA) is 70.4 Å². The Bertz CT molecular complexity index is 458. The van der Waals surface area contributed by atoms with Crippen molar-refractivity contribution in [2.75, 3.05) is 25.6 Å². The van der Waals surface area contributed by atoms with E-state index >= 15 is 0 Å². The number of likely N-dealkylation sites (tertiary alicyclic amines) is 1. The number of nitrogens with one attached hydrogen (secondary N) is 2. The van der Waals surface area contributed by atoms with Crippen LogP contribution in [-0.2, 0) is 0 Å². The van der Waals surface area contributed by atoms with E-state index in [1.807, 2.05) is 0 Å². The zero-order valence-corrected chi connectivity index (χ0v) is 11.7. The molecule has 1 aliphatic rings. The lowest BCUT2D eigenvalue weighted by molar-refractivity contribution is 0.0917. The summed E-state index contributed by atoms with van der Waals surface area (Å²) in [5, 5.41) is 3.56. The number of rotatable bonds is 3. The molecule has 5 nitrogen and oxygen atoms in total. The Hall–Kier alpha value is -1.30. The quantitative estimate of drug-likeness (QED) is 0.580. The van der Waals surface area contributed by atoms with Gasteiger partial charge in [0.2, 0.25) is 0 Å². The van der Waals surface area contributed by atoms with Gasteiger partial charge in [0.15, 0.2) is 0 Å². The van der Waals surface area contributed by atoms with Gasteiger partial charge >= 0.3 is 0 Å². The van der Waals surface area contributed by atoms with E-state index in [1.165, 1.54) is 0 Å². The number of hydrogen-bond acceptors (Lipinski definition) is 4. The van der Waals surface area contributed by atoms with Crippen LogP contribution in [0.2, 0.25) is 5.02 Å². The van der Waals surface area contributed by atoms with E-state index in [-0.39, 0.29) is 11.9 Å². The minimum Gasteiger partial charge on any atom is -0.349 e. The molecule has 0 aromatic heterocycles. The van der Waals surface area contributed by atoms with Gasteiger partial charge in [-0.2, -0.15) is 0 Å². The molecule has 19 heavy (non-hydrogen) atoms. The zero-order valence-electron chi connectivity index (χ0n) is 10.9. The number of anilines is 1. The molecule has 2 rings (SSSR count). The Kier molecular flexibility index (Phi) is 4.63. The number of nitrogen functional groups attached to an aromatic ring is 1. The van der Waals surface area contributed by atoms with Gasteiger partial charge in [0.1, 0.15) is 0 Å². The number of hydrogen-bond donors (Lipinski definition) is 3. The molecule has 0 saturated carbocycles. The highest BCUT2D eigenvalue weighted by Gasteiger charge is 2.20. The molecule has 0 bridgehead atoms. The van der Waals surface area contributed by atoms with Crippen LogP contribution in [0.3, 0.4) is 0 Å². The molecule has 1 aromatic rings. The monoisotopic (exact) mass is 282 g/mol. The molecular weight excluding hydrogens is 264 g/mol. The first-order valence-electron chi connectivity index (χ1n) is 6.35. The molecule has 1 heterocycles. The van der Waals surface area contributed by atoms with Crippen LogP contribution in [0.5, 0.6) is 0 Å². The van der Waals surface area contributed by atoms with Gasteiger partial charge in [-0.15, -0.1) is 0 Å². The second-order valence-electron chi connectivity index (χ2n) is 4.89. The van der Waals surface area contributed by atoms with Gasteiger partial charge < -0.3 is 15.6 Å². The van der Waals surface area contributed by atoms with Crippen molar-refractivity contribution in [3.05, 3.63) is 28.8 Å². The molecule has 0 radical (unpaired) electrons. The van der Waals surface area contributed by atoms with E-state index < -0.39 is 0 Å². The Labute approximate surface area is 118 Å². The number of benzene rings is 1. The summed E-state index contributed by atoms with van der Waals surface area (Å²) >= 11 is 5.92. The minimum atomic E-state index is -0.134. The number of halogens is 1. The summed E-state index contributed by atoms with van der Waals surface area (Å²) in [6.07, 6.45) is 1.93. The summed E-state index contributed by atoms with van der Waals surface area (Å²) in [6.45, 7) is 2.00. The molecule has 1 amide bonds. The molecule has 104 valence electrons. The predicted molar refractivity (Wildman–Crippen MR) is 77.2 cm³/mol. The molecule has 0 spiro atoms. The summed E-state index contributed by atoms with van der Waals surface area (Å²) in [7, 11) is 2.09. The molecule has 1 saturated heterocycles. The van der Waals surface area contributed by atoms with Crippen molar-refractivity contribution in [3.8, 4) is 0 Å². The van der Waals surface area contributed by atoms with Gasteiger partial charge in [-0.3, -0.25) is 10.6 Å². The first kappa shape index (κ1) is 14.1. The van der Waals surface area contributed by atoms with Gasteiger partial charge in [-0.1, -0.05) is 11.6 Å². The number of hydrazine groups is 1. The summed E-state index contributed by atoms with van der Waals surface area (Å²) in [5.41, 5.74) is 3.58. The maximum Gasteiger partial charge on any atom is 0.253 e. The van der Waals surface area contributed by atoms with Crippen LogP contribution < -0.4 is 16.6 Å². The highest BCUT2D eigenvalue weighted by molar-refractivity contribution is 6.31. The first-order chi connectivity index (χ1) is 9.10. The van der Waals surface area contributed by atoms with Gasteiger partial charge in [0.25, 0.3) is 5.91 Å². The van der Waals surface area contributed by atoms with Crippen molar-refractivity contribution in [2.45, 2.75) is 18.9 Å². The number of carbonyl (C=O) groups is 1. The minimum absolute atomic E-state index is 0.134. The van der Waals surface area contributed by atoms with E-state index in [0.29, 0.717) is 16.3 Å². The Morgan fingerprint density at radius 1 is 1.42 bits per heavy atom. The molecule has 0 atom stereocenters. The number of carbonyl (C=O) groups excluding carboxylic acids is 1. The zero-order chi connectivity index (χ0) is 13.8. The summed E-state index contributed by atoms with van der Waals surface area (Å²) in [4.78, 5) is 14.5. The lowest BCUT2D eigenvalue weighted by Crippen LogP contribution is -2.43. The van der Waals surface area contributed by atoms with Crippen LogP contribution in [-0.4, -0.2) is 37.0 Å². The highest BCUT2D eigenvalue weighted by atomic mass is 35.5. The molecule has 0 aliphatic carbocycles. The first-order valence-corrected chi connectivity index (χ1v) is 6.73. The van der Waals surface area contributed by atoms with Crippen molar-refractivity contribution in [2.24, 2.45) is 5.84 Å². The normalized spacial score (nSPS) is 17.2. The molecule has 1 fully saturated rings. The third kappa shape index (κ3) is 3.59. The van der Waals surface area contributed by atoms with Crippen molar-refractivity contribution < 1.29 is 4.79 Å². The molecule has 6 heteroatoms. The SMILES string of the molecule is CN1CCC(NC(=O)c2cc(Cl)ccc2NN)CC1. The van der Waals surface area contributed by atoms with Crippen molar-refractivity contribution >= 4 is 23.2 Å². The maximum atomic E-state index is 12.2. The van der Waals surface area contributed by atoms with Crippen LogP contribution in [0.25, 0.3) is 0 Å². The van der Waals surface area contributed by atoms with Crippen LogP contribution in [0.4, 0.5) is 5.69 Å². The van der Waals surface area contributed by atoms with Gasteiger partial charge in [0.05, 0.1) is 11.3 Å². The third-order valence-electron chi connectivity index (χ3n) is 3.44. The average Bonchev–Trinajstić information content (AvgIpc) is 2.41. The van der Waals surface area contributed by atoms with Crippen molar-refractivity contribution in [1.29, 1.82) is 0 Å². The summed E-state index contributed by atoms with van der Waals surface area (Å²) < 4.78 is 0. The largest absolute Gasteiger partial charge is 0.349 e. The summed E-state index contributed by atoms with van der Waals surface area (Å²) in [5.74, 6) is 5.28. The second-order valence-corrected chi connectivity index (χ2v) is 5.32. The maximum absolute atomic E-state index is 12.2. The smallest absolute Gasteiger partial charge is 0.253 e. The number of nitrogens with zero attached hydrogens (tertiary/aromatic N) is 1. The molecule has 1 aliphatic heterocycles. The summed E-state index contributed by atoms with van der Waals surface area (Å²) in [6, 6.07) is 5.24. The van der Waals surface area contributed by atoms with Crippen LogP contribution >= 0.6 is 11.6 Å². The fourth-order valence-corrected chi connectivity index (χ4v) is 2.42. The molecule has 0 unspecified atom stereocenters. The second kappa shape index (κ2) is 6.23. The Morgan fingerprint density at radius 3 is 2.74 bits per heavy atom. The number of amides is 1. The standard InChI is InChI=1S/C13H19ClN4O/c1-18-6-4-10(5-7-18)16-13(19)11-8-9(14)2-3-12(11)17-15/h2-3,8,10,17H,4-7,15H2,1H3,(H,16,19). The lowest BCUT2D eigenvalue weighted by atomic mass is 10.0. The van der Waals surface area contributed by atoms with E-state index in [4.69, 9.17) is 17.4 Å². The number of nitrogens with two attached hydrogens (primary N) is 1. The van der Waals surface area contributed by atoms with E-state index in [1.54, 1.807) is 18.2 Å². The lowest BCUT2D eigenvalue weighted by Gasteiger charge is -2.29. The van der Waals surface area contributed by atoms with E-state index in [2.05, 4.69) is 22.7 Å². The number of piperidine rings is 1. The third-order valence-corrected chi connectivity index (χ3v) is 3.67. The predicted octanol–water partition coefficient (Wildman–Crippen LogP) is 1.45. The van der Waals surface area contributed by atoms with Gasteiger partial charge in [0, 0.05) is 11.1 Å². The highest BCUT2D eigenvalue weighted by Crippen LogP contribution is 2.20. The molecule has 1 aromatic carbocycles. The van der Waals surface area contributed by atoms with Gasteiger partial charge in [-0.05, 0) is 51.2 Å². The average molecular weight is 283 g/mol. The van der Waals surface area contributed by atoms with E-state index in [0.717, 1.165) is 25.9 Å². The van der Waals surface area contributed by atoms with E-state index in [9.17, 15) is 4.79 Å². The molecule has 4 N–H and O–H groups in total. The van der Waals surface area contributed by atoms with Crippen molar-refractivity contribution in [3.63, 3.8) is 0 Å². The van der Waals surface area contributed by atoms with Gasteiger partial charge in [-0.25, -0.2) is 0 Å². The van der Waals surface area contributed by atoms with Crippen LogP contribution in [0, 0.1) is 0 Å². The fraction of sp³-hybridized carbons (Fsp3) is 0.462. The molecular formula is C13H19ClN4O. The Morgan fingerprint density at radius 2 is 2.11 bits per heavy atom. The van der Waals surface area contributed by atoms with Crippen LogP contribution in [0.1, 0.15) is 23.2 Å². The van der Waals surface area contributed by atoms with Crippen LogP contribution in [0.15, 0.2) is 18.2 Å². The fourth-order valence-electron chi connectivity index (χ4n) is 2.25. The van der Waals surface area contributed by atoms with Crippen molar-refractivity contribution in [1.82, 2.24) is 10.2 Å². The Balaban J connectivity index is 2.05.